The number of rotatable bonds is 2. The number of nitrogens with two attached hydrogens (primary N) is 1. The molecule has 3 rings (SSSR count). The van der Waals surface area contributed by atoms with Crippen molar-refractivity contribution in [3.05, 3.63) is 0 Å². The summed E-state index contributed by atoms with van der Waals surface area (Å²) in [7, 11) is 0. The standard InChI is InChI=1S/C19H36N2/c1-17(2)8-10-19(16-20,11-9-17)21-14-12-18(13-15-21)6-4-3-5-7-18/h3-16,20H2,1-2H3. The Morgan fingerprint density at radius 1 is 0.762 bits per heavy atom. The second-order valence-electron chi connectivity index (χ2n) is 9.14. The number of nitrogens with zero attached hydrogens (tertiary/aromatic N) is 1. The van der Waals surface area contributed by atoms with Crippen molar-refractivity contribution in [2.24, 2.45) is 16.6 Å². The van der Waals surface area contributed by atoms with Gasteiger partial charge in [-0.15, -0.1) is 0 Å². The average Bonchev–Trinajstić information content (AvgIpc) is 2.50. The Hall–Kier alpha value is -0.0800. The Bertz CT molecular complexity index is 335. The maximum Gasteiger partial charge on any atom is 0.0332 e. The van der Waals surface area contributed by atoms with Gasteiger partial charge in [-0.2, -0.15) is 0 Å². The predicted molar refractivity (Wildman–Crippen MR) is 90.4 cm³/mol. The monoisotopic (exact) mass is 292 g/mol. The Balaban J connectivity index is 1.62. The predicted octanol–water partition coefficient (Wildman–Crippen LogP) is 4.33. The van der Waals surface area contributed by atoms with Crippen LogP contribution in [0.4, 0.5) is 0 Å². The smallest absolute Gasteiger partial charge is 0.0332 e. The molecule has 1 aliphatic heterocycles. The van der Waals surface area contributed by atoms with E-state index in [-0.39, 0.29) is 0 Å². The minimum absolute atomic E-state index is 0.339. The molecule has 0 atom stereocenters. The summed E-state index contributed by atoms with van der Waals surface area (Å²) in [5.74, 6) is 0. The highest BCUT2D eigenvalue weighted by molar-refractivity contribution is 5.01. The van der Waals surface area contributed by atoms with Crippen LogP contribution >= 0.6 is 0 Å². The fourth-order valence-corrected chi connectivity index (χ4v) is 5.30. The summed E-state index contributed by atoms with van der Waals surface area (Å²) in [6.07, 6.45) is 15.7. The number of piperidine rings is 1. The van der Waals surface area contributed by atoms with E-state index in [1.54, 1.807) is 0 Å². The molecule has 1 saturated heterocycles. The molecular weight excluding hydrogens is 256 g/mol. The number of hydrogen-bond donors (Lipinski definition) is 1. The lowest BCUT2D eigenvalue weighted by Crippen LogP contribution is -2.59. The highest BCUT2D eigenvalue weighted by Gasteiger charge is 2.45. The van der Waals surface area contributed by atoms with Crippen molar-refractivity contribution in [1.29, 1.82) is 0 Å². The highest BCUT2D eigenvalue weighted by Crippen LogP contribution is 2.48. The van der Waals surface area contributed by atoms with Gasteiger partial charge in [0.25, 0.3) is 0 Å². The van der Waals surface area contributed by atoms with Crippen molar-refractivity contribution < 1.29 is 0 Å². The van der Waals surface area contributed by atoms with Gasteiger partial charge in [0.1, 0.15) is 0 Å². The Kier molecular flexibility index (Phi) is 4.40. The van der Waals surface area contributed by atoms with E-state index in [9.17, 15) is 0 Å². The van der Waals surface area contributed by atoms with Gasteiger partial charge in [-0.1, -0.05) is 33.1 Å². The zero-order chi connectivity index (χ0) is 15.0. The molecule has 21 heavy (non-hydrogen) atoms. The van der Waals surface area contributed by atoms with E-state index in [4.69, 9.17) is 5.73 Å². The van der Waals surface area contributed by atoms with Crippen molar-refractivity contribution in [2.45, 2.75) is 90.0 Å². The van der Waals surface area contributed by atoms with E-state index in [0.29, 0.717) is 11.0 Å². The van der Waals surface area contributed by atoms with Crippen LogP contribution in [0.25, 0.3) is 0 Å². The van der Waals surface area contributed by atoms with Crippen molar-refractivity contribution >= 4 is 0 Å². The highest BCUT2D eigenvalue weighted by atomic mass is 15.2. The fourth-order valence-electron chi connectivity index (χ4n) is 5.30. The quantitative estimate of drug-likeness (QED) is 0.821. The van der Waals surface area contributed by atoms with Crippen LogP contribution in [0.5, 0.6) is 0 Å². The van der Waals surface area contributed by atoms with E-state index in [0.717, 1.165) is 12.0 Å². The van der Waals surface area contributed by atoms with E-state index >= 15 is 0 Å². The van der Waals surface area contributed by atoms with Gasteiger partial charge in [0.15, 0.2) is 0 Å². The molecule has 3 aliphatic rings. The summed E-state index contributed by atoms with van der Waals surface area (Å²) >= 11 is 0. The normalized spacial score (nSPS) is 32.1. The number of hydrogen-bond acceptors (Lipinski definition) is 2. The minimum atomic E-state index is 0.339. The van der Waals surface area contributed by atoms with Gasteiger partial charge < -0.3 is 5.73 Å². The fraction of sp³-hybridized carbons (Fsp3) is 1.00. The molecule has 1 heterocycles. The lowest BCUT2D eigenvalue weighted by molar-refractivity contribution is -0.0288. The topological polar surface area (TPSA) is 29.3 Å². The second-order valence-corrected chi connectivity index (χ2v) is 9.14. The molecule has 122 valence electrons. The van der Waals surface area contributed by atoms with E-state index in [1.165, 1.54) is 83.7 Å². The van der Waals surface area contributed by atoms with Crippen molar-refractivity contribution in [1.82, 2.24) is 4.90 Å². The first-order valence-electron chi connectivity index (χ1n) is 9.45. The molecule has 0 aromatic rings. The van der Waals surface area contributed by atoms with Gasteiger partial charge in [-0.3, -0.25) is 4.90 Å². The van der Waals surface area contributed by atoms with Gasteiger partial charge in [-0.05, 0) is 75.3 Å². The first kappa shape index (κ1) is 15.8. The minimum Gasteiger partial charge on any atom is -0.329 e. The van der Waals surface area contributed by atoms with E-state index < -0.39 is 0 Å². The van der Waals surface area contributed by atoms with Crippen LogP contribution in [-0.4, -0.2) is 30.1 Å². The van der Waals surface area contributed by atoms with Gasteiger partial charge >= 0.3 is 0 Å². The zero-order valence-corrected chi connectivity index (χ0v) is 14.4. The van der Waals surface area contributed by atoms with E-state index in [2.05, 4.69) is 18.7 Å². The molecule has 1 spiro atoms. The molecule has 0 aromatic heterocycles. The largest absolute Gasteiger partial charge is 0.329 e. The summed E-state index contributed by atoms with van der Waals surface area (Å²) in [6, 6.07) is 0. The molecule has 2 heteroatoms. The third-order valence-corrected chi connectivity index (χ3v) is 7.32. The van der Waals surface area contributed by atoms with Crippen LogP contribution in [-0.2, 0) is 0 Å². The molecule has 0 amide bonds. The Morgan fingerprint density at radius 3 is 1.86 bits per heavy atom. The molecule has 0 bridgehead atoms. The maximum absolute atomic E-state index is 6.29. The summed E-state index contributed by atoms with van der Waals surface area (Å²) < 4.78 is 0. The molecule has 2 saturated carbocycles. The van der Waals surface area contributed by atoms with Crippen LogP contribution in [0, 0.1) is 10.8 Å². The molecule has 2 N–H and O–H groups in total. The first-order valence-corrected chi connectivity index (χ1v) is 9.45. The third kappa shape index (κ3) is 3.17. The maximum atomic E-state index is 6.29. The lowest BCUT2D eigenvalue weighted by atomic mass is 9.65. The Morgan fingerprint density at radius 2 is 1.33 bits per heavy atom. The molecule has 2 aliphatic carbocycles. The SMILES string of the molecule is CC1(C)CCC(CN)(N2CCC3(CCCCC3)CC2)CC1. The van der Waals surface area contributed by atoms with Gasteiger partial charge in [0.05, 0.1) is 0 Å². The van der Waals surface area contributed by atoms with Gasteiger partial charge in [0.2, 0.25) is 0 Å². The van der Waals surface area contributed by atoms with Crippen molar-refractivity contribution in [3.8, 4) is 0 Å². The summed E-state index contributed by atoms with van der Waals surface area (Å²) in [4.78, 5) is 2.81. The molecule has 0 radical (unpaired) electrons. The number of likely N-dealkylation sites (tertiary alicyclic amines) is 1. The molecule has 0 unspecified atom stereocenters. The Labute approximate surface area is 131 Å². The molecule has 3 fully saturated rings. The van der Waals surface area contributed by atoms with Crippen LogP contribution in [0.2, 0.25) is 0 Å². The second kappa shape index (κ2) is 5.85. The van der Waals surface area contributed by atoms with Crippen LogP contribution < -0.4 is 5.73 Å². The van der Waals surface area contributed by atoms with Crippen LogP contribution in [0.1, 0.15) is 84.5 Å². The van der Waals surface area contributed by atoms with Gasteiger partial charge in [0, 0.05) is 12.1 Å². The van der Waals surface area contributed by atoms with Gasteiger partial charge in [-0.25, -0.2) is 0 Å². The molecular formula is C19H36N2. The molecule has 0 aromatic carbocycles. The van der Waals surface area contributed by atoms with Crippen LogP contribution in [0.15, 0.2) is 0 Å². The average molecular weight is 293 g/mol. The summed E-state index contributed by atoms with van der Waals surface area (Å²) in [5, 5.41) is 0. The first-order chi connectivity index (χ1) is 9.99. The summed E-state index contributed by atoms with van der Waals surface area (Å²) in [5.41, 5.74) is 7.89. The van der Waals surface area contributed by atoms with E-state index in [1.807, 2.05) is 0 Å². The zero-order valence-electron chi connectivity index (χ0n) is 14.4. The lowest BCUT2D eigenvalue weighted by Gasteiger charge is -2.54. The summed E-state index contributed by atoms with van der Waals surface area (Å²) in [6.45, 7) is 8.37. The third-order valence-electron chi connectivity index (χ3n) is 7.32. The van der Waals surface area contributed by atoms with Crippen molar-refractivity contribution in [3.63, 3.8) is 0 Å². The van der Waals surface area contributed by atoms with Crippen molar-refractivity contribution in [2.75, 3.05) is 19.6 Å². The molecule has 2 nitrogen and oxygen atoms in total. The van der Waals surface area contributed by atoms with Crippen LogP contribution in [0.3, 0.4) is 0 Å².